The van der Waals surface area contributed by atoms with E-state index in [0.29, 0.717) is 24.8 Å². The fourth-order valence-corrected chi connectivity index (χ4v) is 3.78. The number of hydrogen-bond donors (Lipinski definition) is 1. The molecule has 1 aliphatic heterocycles. The SMILES string of the molecule is CCc1ccccc1NC(=O)N1CCC(c2nc(-c3cccc(C)c3)no2)CC1. The molecule has 2 heterocycles. The first kappa shape index (κ1) is 19.2. The average molecular weight is 390 g/mol. The van der Waals surface area contributed by atoms with E-state index in [9.17, 15) is 4.79 Å². The Morgan fingerprint density at radius 2 is 1.97 bits per heavy atom. The molecule has 29 heavy (non-hydrogen) atoms. The van der Waals surface area contributed by atoms with E-state index >= 15 is 0 Å². The van der Waals surface area contributed by atoms with Gasteiger partial charge in [0.1, 0.15) is 0 Å². The van der Waals surface area contributed by atoms with E-state index in [4.69, 9.17) is 4.52 Å². The highest BCUT2D eigenvalue weighted by atomic mass is 16.5. The van der Waals surface area contributed by atoms with Gasteiger partial charge in [0.05, 0.1) is 0 Å². The van der Waals surface area contributed by atoms with Gasteiger partial charge in [0.25, 0.3) is 0 Å². The lowest BCUT2D eigenvalue weighted by Gasteiger charge is -2.30. The molecule has 0 saturated carbocycles. The standard InChI is InChI=1S/C23H26N4O2/c1-3-17-8-4-5-10-20(17)24-23(28)27-13-11-18(12-14-27)22-25-21(26-29-22)19-9-6-7-16(2)15-19/h4-10,15,18H,3,11-14H2,1-2H3,(H,24,28). The Kier molecular flexibility index (Phi) is 5.60. The quantitative estimate of drug-likeness (QED) is 0.679. The molecule has 0 aliphatic carbocycles. The first-order chi connectivity index (χ1) is 14.1. The molecular formula is C23H26N4O2. The number of piperidine rings is 1. The van der Waals surface area contributed by atoms with Crippen molar-refractivity contribution in [1.82, 2.24) is 15.0 Å². The van der Waals surface area contributed by atoms with Crippen molar-refractivity contribution in [3.05, 3.63) is 65.5 Å². The van der Waals surface area contributed by atoms with E-state index in [2.05, 4.69) is 28.4 Å². The molecule has 0 spiro atoms. The first-order valence-electron chi connectivity index (χ1n) is 10.2. The highest BCUT2D eigenvalue weighted by Crippen LogP contribution is 2.29. The molecule has 1 N–H and O–H groups in total. The van der Waals surface area contributed by atoms with Gasteiger partial charge in [-0.25, -0.2) is 4.79 Å². The lowest BCUT2D eigenvalue weighted by atomic mass is 9.97. The third kappa shape index (κ3) is 4.31. The lowest BCUT2D eigenvalue weighted by Crippen LogP contribution is -2.40. The first-order valence-corrected chi connectivity index (χ1v) is 10.2. The van der Waals surface area contributed by atoms with Crippen LogP contribution in [0, 0.1) is 6.92 Å². The van der Waals surface area contributed by atoms with Crippen molar-refractivity contribution in [2.45, 2.75) is 39.0 Å². The Morgan fingerprint density at radius 1 is 1.17 bits per heavy atom. The lowest BCUT2D eigenvalue weighted by molar-refractivity contribution is 0.187. The maximum absolute atomic E-state index is 12.7. The van der Waals surface area contributed by atoms with Gasteiger partial charge in [-0.3, -0.25) is 0 Å². The summed E-state index contributed by atoms with van der Waals surface area (Å²) in [5.74, 6) is 1.48. The van der Waals surface area contributed by atoms with Gasteiger partial charge < -0.3 is 14.7 Å². The van der Waals surface area contributed by atoms with Crippen molar-refractivity contribution in [1.29, 1.82) is 0 Å². The topological polar surface area (TPSA) is 71.3 Å². The van der Waals surface area contributed by atoms with Crippen LogP contribution in [-0.2, 0) is 6.42 Å². The number of nitrogens with one attached hydrogen (secondary N) is 1. The van der Waals surface area contributed by atoms with Crippen LogP contribution in [0.5, 0.6) is 0 Å². The fraction of sp³-hybridized carbons (Fsp3) is 0.348. The minimum absolute atomic E-state index is 0.0460. The highest BCUT2D eigenvalue weighted by molar-refractivity contribution is 5.90. The molecule has 3 aromatic rings. The van der Waals surface area contributed by atoms with E-state index in [1.54, 1.807) is 0 Å². The molecule has 150 valence electrons. The van der Waals surface area contributed by atoms with Gasteiger partial charge in [-0.2, -0.15) is 4.98 Å². The monoisotopic (exact) mass is 390 g/mol. The largest absolute Gasteiger partial charge is 0.339 e. The van der Waals surface area contributed by atoms with Gasteiger partial charge >= 0.3 is 6.03 Å². The Hall–Kier alpha value is -3.15. The maximum atomic E-state index is 12.7. The number of benzene rings is 2. The van der Waals surface area contributed by atoms with Gasteiger partial charge in [-0.15, -0.1) is 0 Å². The summed E-state index contributed by atoms with van der Waals surface area (Å²) in [7, 11) is 0. The van der Waals surface area contributed by atoms with Gasteiger partial charge in [0.2, 0.25) is 11.7 Å². The van der Waals surface area contributed by atoms with Crippen molar-refractivity contribution >= 4 is 11.7 Å². The Morgan fingerprint density at radius 3 is 2.72 bits per heavy atom. The molecule has 6 nitrogen and oxygen atoms in total. The predicted octanol–water partition coefficient (Wildman–Crippen LogP) is 5.02. The smallest absolute Gasteiger partial charge is 0.321 e. The zero-order chi connectivity index (χ0) is 20.2. The number of amides is 2. The number of rotatable bonds is 4. The normalized spacial score (nSPS) is 14.8. The summed E-state index contributed by atoms with van der Waals surface area (Å²) in [4.78, 5) is 19.1. The van der Waals surface area contributed by atoms with Crippen LogP contribution >= 0.6 is 0 Å². The Balaban J connectivity index is 1.36. The number of carbonyl (C=O) groups excluding carboxylic acids is 1. The van der Waals surface area contributed by atoms with Crippen LogP contribution in [0.25, 0.3) is 11.4 Å². The molecule has 1 fully saturated rings. The molecule has 4 rings (SSSR count). The summed E-state index contributed by atoms with van der Waals surface area (Å²) in [5.41, 5.74) is 4.16. The van der Waals surface area contributed by atoms with Gasteiger partial charge in [0, 0.05) is 30.3 Å². The molecule has 6 heteroatoms. The Labute approximate surface area is 170 Å². The number of aromatic nitrogens is 2. The molecule has 1 aromatic heterocycles. The molecule has 0 bridgehead atoms. The van der Waals surface area contributed by atoms with E-state index < -0.39 is 0 Å². The predicted molar refractivity (Wildman–Crippen MR) is 113 cm³/mol. The number of carbonyl (C=O) groups is 1. The van der Waals surface area contributed by atoms with Crippen LogP contribution in [0.3, 0.4) is 0 Å². The summed E-state index contributed by atoms with van der Waals surface area (Å²) in [5, 5.41) is 7.21. The highest BCUT2D eigenvalue weighted by Gasteiger charge is 2.28. The Bertz CT molecular complexity index is 990. The van der Waals surface area contributed by atoms with Gasteiger partial charge in [-0.05, 0) is 43.9 Å². The number of anilines is 1. The van der Waals surface area contributed by atoms with E-state index in [-0.39, 0.29) is 11.9 Å². The van der Waals surface area contributed by atoms with E-state index in [0.717, 1.165) is 41.6 Å². The fourth-order valence-electron chi connectivity index (χ4n) is 3.78. The summed E-state index contributed by atoms with van der Waals surface area (Å²) in [6, 6.07) is 16.0. The van der Waals surface area contributed by atoms with Crippen LogP contribution in [-0.4, -0.2) is 34.2 Å². The van der Waals surface area contributed by atoms with Crippen molar-refractivity contribution in [3.63, 3.8) is 0 Å². The molecule has 1 saturated heterocycles. The molecule has 0 radical (unpaired) electrons. The number of aryl methyl sites for hydroxylation is 2. The molecule has 1 aliphatic rings. The van der Waals surface area contributed by atoms with Crippen LogP contribution in [0.1, 0.15) is 42.7 Å². The van der Waals surface area contributed by atoms with Crippen molar-refractivity contribution < 1.29 is 9.32 Å². The minimum Gasteiger partial charge on any atom is -0.339 e. The zero-order valence-electron chi connectivity index (χ0n) is 16.9. The van der Waals surface area contributed by atoms with Crippen molar-refractivity contribution in [3.8, 4) is 11.4 Å². The second kappa shape index (κ2) is 8.47. The third-order valence-electron chi connectivity index (χ3n) is 5.49. The van der Waals surface area contributed by atoms with Crippen LogP contribution in [0.4, 0.5) is 10.5 Å². The molecule has 2 amide bonds. The molecule has 2 aromatic carbocycles. The number of nitrogens with zero attached hydrogens (tertiary/aromatic N) is 3. The molecular weight excluding hydrogens is 364 g/mol. The summed E-state index contributed by atoms with van der Waals surface area (Å²) >= 11 is 0. The summed E-state index contributed by atoms with van der Waals surface area (Å²) < 4.78 is 5.54. The van der Waals surface area contributed by atoms with Gasteiger partial charge in [-0.1, -0.05) is 54.0 Å². The van der Waals surface area contributed by atoms with Crippen molar-refractivity contribution in [2.75, 3.05) is 18.4 Å². The second-order valence-electron chi connectivity index (χ2n) is 7.53. The minimum atomic E-state index is -0.0460. The van der Waals surface area contributed by atoms with Crippen molar-refractivity contribution in [2.24, 2.45) is 0 Å². The van der Waals surface area contributed by atoms with Gasteiger partial charge in [0.15, 0.2) is 0 Å². The second-order valence-corrected chi connectivity index (χ2v) is 7.53. The maximum Gasteiger partial charge on any atom is 0.321 e. The number of likely N-dealkylation sites (tertiary alicyclic amines) is 1. The average Bonchev–Trinajstić information content (AvgIpc) is 3.24. The number of hydrogen-bond acceptors (Lipinski definition) is 4. The molecule has 0 atom stereocenters. The zero-order valence-corrected chi connectivity index (χ0v) is 16.9. The number of para-hydroxylation sites is 1. The summed E-state index contributed by atoms with van der Waals surface area (Å²) in [6.45, 7) is 5.48. The summed E-state index contributed by atoms with van der Waals surface area (Å²) in [6.07, 6.45) is 2.52. The van der Waals surface area contributed by atoms with Crippen LogP contribution in [0.2, 0.25) is 0 Å². The van der Waals surface area contributed by atoms with E-state index in [1.807, 2.05) is 54.3 Å². The van der Waals surface area contributed by atoms with Crippen LogP contribution < -0.4 is 5.32 Å². The molecule has 0 unspecified atom stereocenters. The third-order valence-corrected chi connectivity index (χ3v) is 5.49. The van der Waals surface area contributed by atoms with Crippen LogP contribution in [0.15, 0.2) is 53.1 Å². The number of urea groups is 1. The van der Waals surface area contributed by atoms with E-state index in [1.165, 1.54) is 0 Å².